The number of carbonyl (C=O) groups is 1. The molecule has 0 spiro atoms. The molecule has 0 saturated carbocycles. The lowest BCUT2D eigenvalue weighted by Crippen LogP contribution is -2.35. The number of aliphatic hydroxyl groups is 1. The lowest BCUT2D eigenvalue weighted by atomic mass is 10.0. The van der Waals surface area contributed by atoms with Gasteiger partial charge in [0.25, 0.3) is 11.7 Å². The van der Waals surface area contributed by atoms with Crippen molar-refractivity contribution in [3.8, 4) is 0 Å². The van der Waals surface area contributed by atoms with E-state index in [0.29, 0.717) is 0 Å². The van der Waals surface area contributed by atoms with E-state index in [1.807, 2.05) is 0 Å². The van der Waals surface area contributed by atoms with Crippen LogP contribution in [-0.4, -0.2) is 32.6 Å². The smallest absolute Gasteiger partial charge is 0.387 e. The molecular weight excluding hydrogens is 387 g/mol. The molecule has 6 nitrogen and oxygen atoms in total. The molecule has 0 fully saturated rings. The molecule has 1 N–H and O–H groups in total. The summed E-state index contributed by atoms with van der Waals surface area (Å²) in [7, 11) is 0. The summed E-state index contributed by atoms with van der Waals surface area (Å²) in [6.45, 7) is 1.19. The predicted octanol–water partition coefficient (Wildman–Crippen LogP) is 3.77. The number of amides is 1. The number of alkyl halides is 3. The van der Waals surface area contributed by atoms with Crippen LogP contribution in [0.5, 0.6) is 0 Å². The van der Waals surface area contributed by atoms with Crippen LogP contribution in [0.15, 0.2) is 59.1 Å². The second kappa shape index (κ2) is 8.44. The zero-order chi connectivity index (χ0) is 21.0. The van der Waals surface area contributed by atoms with Crippen molar-refractivity contribution in [1.82, 2.24) is 15.0 Å². The molecule has 29 heavy (non-hydrogen) atoms. The van der Waals surface area contributed by atoms with E-state index in [-0.39, 0.29) is 30.4 Å². The molecule has 152 valence electrons. The molecule has 0 bridgehead atoms. The number of aryl methyl sites for hydroxylation is 1. The van der Waals surface area contributed by atoms with Gasteiger partial charge in [0.2, 0.25) is 5.89 Å². The maximum atomic E-state index is 13.3. The van der Waals surface area contributed by atoms with Crippen LogP contribution in [0.3, 0.4) is 0 Å². The van der Waals surface area contributed by atoms with Crippen LogP contribution in [0.25, 0.3) is 0 Å². The van der Waals surface area contributed by atoms with Gasteiger partial charge in [-0.05, 0) is 17.2 Å². The third-order valence-electron chi connectivity index (χ3n) is 4.24. The summed E-state index contributed by atoms with van der Waals surface area (Å²) in [4.78, 5) is 17.9. The average molecular weight is 405 g/mol. The summed E-state index contributed by atoms with van der Waals surface area (Å²) in [6, 6.07) is 13.6. The molecule has 0 saturated heterocycles. The van der Waals surface area contributed by atoms with Crippen molar-refractivity contribution in [1.29, 1.82) is 0 Å². The molecule has 2 aromatic carbocycles. The first-order chi connectivity index (χ1) is 13.8. The Hall–Kier alpha value is -3.20. The summed E-state index contributed by atoms with van der Waals surface area (Å²) in [5, 5.41) is 14.1. The van der Waals surface area contributed by atoms with Crippen molar-refractivity contribution in [2.45, 2.75) is 25.7 Å². The van der Waals surface area contributed by atoms with Crippen LogP contribution in [-0.2, 0) is 12.7 Å². The summed E-state index contributed by atoms with van der Waals surface area (Å²) in [5.41, 5.74) is -0.525. The molecule has 0 aliphatic carbocycles. The summed E-state index contributed by atoms with van der Waals surface area (Å²) < 4.78 is 44.7. The second-order valence-corrected chi connectivity index (χ2v) is 6.41. The minimum Gasteiger partial charge on any atom is -0.387 e. The standard InChI is InChI=1S/C20H18F3N3O3/c1-13-24-18(25-29-13)19(28)26(11-14-7-3-2-4-8-14)12-17(27)15-9-5-6-10-16(15)20(21,22)23/h2-10,17,27H,11-12H2,1H3/t17-/m0/s1. The van der Waals surface area contributed by atoms with E-state index in [1.165, 1.54) is 30.0 Å². The Balaban J connectivity index is 1.90. The van der Waals surface area contributed by atoms with Crippen molar-refractivity contribution < 1.29 is 27.6 Å². The number of rotatable bonds is 6. The fourth-order valence-electron chi connectivity index (χ4n) is 2.90. The van der Waals surface area contributed by atoms with E-state index in [1.54, 1.807) is 30.3 Å². The second-order valence-electron chi connectivity index (χ2n) is 6.41. The van der Waals surface area contributed by atoms with Crippen molar-refractivity contribution in [2.24, 2.45) is 0 Å². The predicted molar refractivity (Wildman–Crippen MR) is 96.6 cm³/mol. The molecule has 3 rings (SSSR count). The van der Waals surface area contributed by atoms with Crippen LogP contribution in [0.2, 0.25) is 0 Å². The Morgan fingerprint density at radius 3 is 2.41 bits per heavy atom. The van der Waals surface area contributed by atoms with Gasteiger partial charge in [-0.15, -0.1) is 0 Å². The van der Waals surface area contributed by atoms with Crippen molar-refractivity contribution in [3.05, 3.63) is 83.0 Å². The molecule has 3 aromatic rings. The highest BCUT2D eigenvalue weighted by atomic mass is 19.4. The first-order valence-corrected chi connectivity index (χ1v) is 8.73. The fraction of sp³-hybridized carbons (Fsp3) is 0.250. The van der Waals surface area contributed by atoms with Crippen molar-refractivity contribution >= 4 is 5.91 Å². The largest absolute Gasteiger partial charge is 0.416 e. The highest BCUT2D eigenvalue weighted by Crippen LogP contribution is 2.34. The lowest BCUT2D eigenvalue weighted by molar-refractivity contribution is -0.139. The maximum Gasteiger partial charge on any atom is 0.416 e. The van der Waals surface area contributed by atoms with Gasteiger partial charge in [-0.2, -0.15) is 18.2 Å². The minimum atomic E-state index is -4.63. The molecule has 1 heterocycles. The molecule has 0 aliphatic rings. The third kappa shape index (κ3) is 5.00. The Morgan fingerprint density at radius 2 is 1.79 bits per heavy atom. The van der Waals surface area contributed by atoms with E-state index in [4.69, 9.17) is 4.52 Å². The number of nitrogens with zero attached hydrogens (tertiary/aromatic N) is 3. The van der Waals surface area contributed by atoms with E-state index >= 15 is 0 Å². The molecule has 9 heteroatoms. The summed E-state index contributed by atoms with van der Waals surface area (Å²) in [6.07, 6.45) is -6.19. The average Bonchev–Trinajstić information content (AvgIpc) is 3.13. The summed E-state index contributed by atoms with van der Waals surface area (Å²) >= 11 is 0. The first kappa shape index (κ1) is 20.5. The van der Waals surface area contributed by atoms with Gasteiger partial charge in [-0.3, -0.25) is 4.79 Å². The van der Waals surface area contributed by atoms with Crippen LogP contribution in [0, 0.1) is 6.92 Å². The number of hydrogen-bond donors (Lipinski definition) is 1. The Bertz CT molecular complexity index is 974. The van der Waals surface area contributed by atoms with Gasteiger partial charge < -0.3 is 14.5 Å². The Labute approximate surface area is 164 Å². The van der Waals surface area contributed by atoms with Crippen LogP contribution >= 0.6 is 0 Å². The lowest BCUT2D eigenvalue weighted by Gasteiger charge is -2.26. The topological polar surface area (TPSA) is 79.5 Å². The van der Waals surface area contributed by atoms with Crippen LogP contribution in [0.1, 0.15) is 39.3 Å². The van der Waals surface area contributed by atoms with E-state index in [2.05, 4.69) is 10.1 Å². The SMILES string of the molecule is Cc1nc(C(=O)N(Cc2ccccc2)C[C@H](O)c2ccccc2C(F)(F)F)no1. The normalized spacial score (nSPS) is 12.6. The monoisotopic (exact) mass is 405 g/mol. The minimum absolute atomic E-state index is 0.0541. The molecule has 0 aliphatic heterocycles. The molecule has 0 unspecified atom stereocenters. The number of aliphatic hydroxyl groups excluding tert-OH is 1. The van der Waals surface area contributed by atoms with Gasteiger partial charge in [0.05, 0.1) is 18.2 Å². The van der Waals surface area contributed by atoms with Gasteiger partial charge in [-0.1, -0.05) is 53.7 Å². The third-order valence-corrected chi connectivity index (χ3v) is 4.24. The molecule has 0 radical (unpaired) electrons. The molecule has 1 amide bonds. The number of benzene rings is 2. The van der Waals surface area contributed by atoms with Gasteiger partial charge in [0, 0.05) is 13.5 Å². The highest BCUT2D eigenvalue weighted by Gasteiger charge is 2.35. The summed E-state index contributed by atoms with van der Waals surface area (Å²) in [5.74, 6) is -0.708. The van der Waals surface area contributed by atoms with Gasteiger partial charge in [0.15, 0.2) is 0 Å². The first-order valence-electron chi connectivity index (χ1n) is 8.73. The number of hydrogen-bond acceptors (Lipinski definition) is 5. The number of halogens is 3. The van der Waals surface area contributed by atoms with Gasteiger partial charge in [-0.25, -0.2) is 0 Å². The molecule has 1 atom stereocenters. The molecule has 1 aromatic heterocycles. The van der Waals surface area contributed by atoms with Crippen LogP contribution in [0.4, 0.5) is 13.2 Å². The van der Waals surface area contributed by atoms with E-state index < -0.39 is 23.8 Å². The van der Waals surface area contributed by atoms with Crippen molar-refractivity contribution in [2.75, 3.05) is 6.54 Å². The molecular formula is C20H18F3N3O3. The zero-order valence-electron chi connectivity index (χ0n) is 15.4. The number of carbonyl (C=O) groups excluding carboxylic acids is 1. The van der Waals surface area contributed by atoms with Gasteiger partial charge >= 0.3 is 6.18 Å². The van der Waals surface area contributed by atoms with Crippen LogP contribution < -0.4 is 0 Å². The zero-order valence-corrected chi connectivity index (χ0v) is 15.4. The van der Waals surface area contributed by atoms with Gasteiger partial charge in [0.1, 0.15) is 0 Å². The maximum absolute atomic E-state index is 13.3. The van der Waals surface area contributed by atoms with Crippen molar-refractivity contribution in [3.63, 3.8) is 0 Å². The van der Waals surface area contributed by atoms with E-state index in [9.17, 15) is 23.1 Å². The Morgan fingerprint density at radius 1 is 1.14 bits per heavy atom. The van der Waals surface area contributed by atoms with E-state index in [0.717, 1.165) is 11.6 Å². The quantitative estimate of drug-likeness (QED) is 0.675. The highest BCUT2D eigenvalue weighted by molar-refractivity contribution is 5.90. The fourth-order valence-corrected chi connectivity index (χ4v) is 2.90. The number of aromatic nitrogens is 2. The Kier molecular flexibility index (Phi) is 5.97.